The van der Waals surface area contributed by atoms with Crippen molar-refractivity contribution >= 4 is 17.7 Å². The lowest BCUT2D eigenvalue weighted by Crippen LogP contribution is -2.52. The van der Waals surface area contributed by atoms with Crippen molar-refractivity contribution in [2.75, 3.05) is 19.7 Å². The number of nitrogens with zero attached hydrogens (tertiary/aromatic N) is 1. The molecule has 0 saturated carbocycles. The average Bonchev–Trinajstić information content (AvgIpc) is 3.27. The maximum absolute atomic E-state index is 12.8. The van der Waals surface area contributed by atoms with E-state index in [9.17, 15) is 14.4 Å². The van der Waals surface area contributed by atoms with Crippen molar-refractivity contribution in [1.82, 2.24) is 15.5 Å². The molecule has 0 aliphatic carbocycles. The van der Waals surface area contributed by atoms with E-state index in [-0.39, 0.29) is 30.2 Å². The Kier molecular flexibility index (Phi) is 5.43. The Morgan fingerprint density at radius 1 is 1.29 bits per heavy atom. The van der Waals surface area contributed by atoms with E-state index in [0.29, 0.717) is 37.5 Å². The summed E-state index contributed by atoms with van der Waals surface area (Å²) in [6, 6.07) is 5.12. The first kappa shape index (κ1) is 19.0. The summed E-state index contributed by atoms with van der Waals surface area (Å²) in [6.07, 6.45) is 1.77. The van der Waals surface area contributed by atoms with Crippen molar-refractivity contribution in [3.8, 4) is 0 Å². The van der Waals surface area contributed by atoms with E-state index in [0.717, 1.165) is 30.7 Å². The summed E-state index contributed by atoms with van der Waals surface area (Å²) in [5.74, 6) is -0.343. The first-order valence-electron chi connectivity index (χ1n) is 9.84. The third-order valence-electron chi connectivity index (χ3n) is 5.85. The quantitative estimate of drug-likeness (QED) is 0.589. The second-order valence-corrected chi connectivity index (χ2v) is 7.77. The van der Waals surface area contributed by atoms with Crippen molar-refractivity contribution in [1.29, 1.82) is 0 Å². The molecule has 28 heavy (non-hydrogen) atoms. The molecule has 3 unspecified atom stereocenters. The lowest BCUT2D eigenvalue weighted by atomic mass is 10.0. The lowest BCUT2D eigenvalue weighted by Gasteiger charge is -2.29. The first-order chi connectivity index (χ1) is 13.6. The molecule has 8 heteroatoms. The SMILES string of the molecule is NCC1CC(CNCc2cccc3c2CN(C2CCC(=O)NC2=O)C3=O)CO1. The smallest absolute Gasteiger partial charge is 0.255 e. The zero-order chi connectivity index (χ0) is 19.7. The van der Waals surface area contributed by atoms with Gasteiger partial charge in [0, 0.05) is 38.2 Å². The van der Waals surface area contributed by atoms with Crippen LogP contribution in [0.5, 0.6) is 0 Å². The molecule has 2 fully saturated rings. The minimum Gasteiger partial charge on any atom is -0.377 e. The molecule has 0 radical (unpaired) electrons. The van der Waals surface area contributed by atoms with Crippen molar-refractivity contribution in [3.63, 3.8) is 0 Å². The Balaban J connectivity index is 1.40. The van der Waals surface area contributed by atoms with Crippen LogP contribution >= 0.6 is 0 Å². The highest BCUT2D eigenvalue weighted by atomic mass is 16.5. The van der Waals surface area contributed by atoms with Gasteiger partial charge in [-0.25, -0.2) is 0 Å². The van der Waals surface area contributed by atoms with Crippen molar-refractivity contribution in [2.24, 2.45) is 11.7 Å². The van der Waals surface area contributed by atoms with Crippen LogP contribution in [0.15, 0.2) is 18.2 Å². The van der Waals surface area contributed by atoms with Gasteiger partial charge in [-0.3, -0.25) is 19.7 Å². The van der Waals surface area contributed by atoms with Gasteiger partial charge in [-0.05, 0) is 36.0 Å². The summed E-state index contributed by atoms with van der Waals surface area (Å²) in [5, 5.41) is 5.80. The largest absolute Gasteiger partial charge is 0.377 e. The Morgan fingerprint density at radius 2 is 2.14 bits per heavy atom. The molecule has 3 aliphatic heterocycles. The number of hydrogen-bond acceptors (Lipinski definition) is 6. The molecule has 150 valence electrons. The molecule has 1 aromatic rings. The summed E-state index contributed by atoms with van der Waals surface area (Å²) in [6.45, 7) is 3.18. The fourth-order valence-electron chi connectivity index (χ4n) is 4.31. The lowest BCUT2D eigenvalue weighted by molar-refractivity contribution is -0.136. The van der Waals surface area contributed by atoms with Gasteiger partial charge in [0.05, 0.1) is 12.7 Å². The molecule has 0 spiro atoms. The number of nitrogens with two attached hydrogens (primary N) is 1. The van der Waals surface area contributed by atoms with Gasteiger partial charge in [0.15, 0.2) is 0 Å². The maximum Gasteiger partial charge on any atom is 0.255 e. The van der Waals surface area contributed by atoms with Crippen LogP contribution in [0, 0.1) is 5.92 Å². The van der Waals surface area contributed by atoms with Gasteiger partial charge in [-0.1, -0.05) is 12.1 Å². The van der Waals surface area contributed by atoms with Gasteiger partial charge < -0.3 is 20.7 Å². The number of piperidine rings is 1. The van der Waals surface area contributed by atoms with Gasteiger partial charge >= 0.3 is 0 Å². The topological polar surface area (TPSA) is 114 Å². The molecule has 4 N–H and O–H groups in total. The van der Waals surface area contributed by atoms with E-state index in [1.54, 1.807) is 4.90 Å². The Hall–Kier alpha value is -2.29. The normalized spacial score (nSPS) is 27.2. The zero-order valence-corrected chi connectivity index (χ0v) is 15.8. The number of nitrogens with one attached hydrogen (secondary N) is 2. The van der Waals surface area contributed by atoms with Crippen LogP contribution in [0.25, 0.3) is 0 Å². The number of carbonyl (C=O) groups excluding carboxylic acids is 3. The highest BCUT2D eigenvalue weighted by Gasteiger charge is 2.39. The monoisotopic (exact) mass is 386 g/mol. The predicted octanol–water partition coefficient (Wildman–Crippen LogP) is -0.0990. The summed E-state index contributed by atoms with van der Waals surface area (Å²) in [7, 11) is 0. The molecule has 1 aromatic carbocycles. The first-order valence-corrected chi connectivity index (χ1v) is 9.84. The second kappa shape index (κ2) is 7.98. The molecule has 3 amide bonds. The van der Waals surface area contributed by atoms with E-state index >= 15 is 0 Å². The van der Waals surface area contributed by atoms with Crippen LogP contribution in [0.2, 0.25) is 0 Å². The Morgan fingerprint density at radius 3 is 2.89 bits per heavy atom. The standard InChI is InChI=1S/C20H26N4O4/c21-7-14-6-12(11-28-14)8-22-9-13-2-1-3-15-16(13)10-24(20(15)27)17-4-5-18(25)23-19(17)26/h1-3,12,14,17,22H,4-11,21H2,(H,23,25,26). The summed E-state index contributed by atoms with van der Waals surface area (Å²) < 4.78 is 5.63. The Bertz CT molecular complexity index is 796. The number of rotatable bonds is 6. The van der Waals surface area contributed by atoms with Crippen LogP contribution in [-0.2, 0) is 27.4 Å². The third kappa shape index (κ3) is 3.67. The van der Waals surface area contributed by atoms with Gasteiger partial charge in [-0.15, -0.1) is 0 Å². The molecular formula is C20H26N4O4. The average molecular weight is 386 g/mol. The van der Waals surface area contributed by atoms with Crippen LogP contribution in [0.1, 0.15) is 40.7 Å². The summed E-state index contributed by atoms with van der Waals surface area (Å²) >= 11 is 0. The van der Waals surface area contributed by atoms with Crippen LogP contribution in [0.3, 0.4) is 0 Å². The molecule has 2 saturated heterocycles. The third-order valence-corrected chi connectivity index (χ3v) is 5.85. The van der Waals surface area contributed by atoms with E-state index in [4.69, 9.17) is 10.5 Å². The molecule has 3 aliphatic rings. The van der Waals surface area contributed by atoms with E-state index < -0.39 is 6.04 Å². The summed E-state index contributed by atoms with van der Waals surface area (Å²) in [4.78, 5) is 38.0. The molecule has 4 rings (SSSR count). The van der Waals surface area contributed by atoms with Gasteiger partial charge in [0.25, 0.3) is 5.91 Å². The van der Waals surface area contributed by atoms with Gasteiger partial charge in [-0.2, -0.15) is 0 Å². The molecular weight excluding hydrogens is 360 g/mol. The maximum atomic E-state index is 12.8. The number of amides is 3. The number of carbonyl (C=O) groups is 3. The molecule has 3 heterocycles. The highest BCUT2D eigenvalue weighted by molar-refractivity contribution is 6.05. The van der Waals surface area contributed by atoms with E-state index in [2.05, 4.69) is 10.6 Å². The summed E-state index contributed by atoms with van der Waals surface area (Å²) in [5.41, 5.74) is 8.33. The predicted molar refractivity (Wildman–Crippen MR) is 101 cm³/mol. The zero-order valence-electron chi connectivity index (χ0n) is 15.8. The number of fused-ring (bicyclic) bond motifs is 1. The van der Waals surface area contributed by atoms with Gasteiger partial charge in [0.2, 0.25) is 11.8 Å². The number of ether oxygens (including phenoxy) is 1. The molecule has 0 aromatic heterocycles. The molecule has 8 nitrogen and oxygen atoms in total. The van der Waals surface area contributed by atoms with Crippen LogP contribution < -0.4 is 16.4 Å². The van der Waals surface area contributed by atoms with Crippen molar-refractivity contribution in [2.45, 2.75) is 44.5 Å². The fraction of sp³-hybridized carbons (Fsp3) is 0.550. The highest BCUT2D eigenvalue weighted by Crippen LogP contribution is 2.30. The van der Waals surface area contributed by atoms with E-state index in [1.807, 2.05) is 18.2 Å². The van der Waals surface area contributed by atoms with E-state index in [1.165, 1.54) is 0 Å². The minimum absolute atomic E-state index is 0.138. The molecule has 0 bridgehead atoms. The van der Waals surface area contributed by atoms with Gasteiger partial charge in [0.1, 0.15) is 6.04 Å². The van der Waals surface area contributed by atoms with Crippen molar-refractivity contribution in [3.05, 3.63) is 34.9 Å². The fourth-order valence-corrected chi connectivity index (χ4v) is 4.31. The number of hydrogen-bond donors (Lipinski definition) is 3. The van der Waals surface area contributed by atoms with Crippen molar-refractivity contribution < 1.29 is 19.1 Å². The van der Waals surface area contributed by atoms with Crippen LogP contribution in [-0.4, -0.2) is 54.5 Å². The second-order valence-electron chi connectivity index (χ2n) is 7.77. The van der Waals surface area contributed by atoms with Crippen LogP contribution in [0.4, 0.5) is 0 Å². The minimum atomic E-state index is -0.581. The Labute approximate surface area is 163 Å². The number of benzene rings is 1. The number of imide groups is 1. The molecule has 3 atom stereocenters.